The molecule has 2 heterocycles. The van der Waals surface area contributed by atoms with Crippen LogP contribution in [0.25, 0.3) is 6.08 Å². The van der Waals surface area contributed by atoms with E-state index in [1.807, 2.05) is 11.0 Å². The number of carbonyl (C=O) groups excluding carboxylic acids is 1. The monoisotopic (exact) mass is 610 g/mol. The van der Waals surface area contributed by atoms with Crippen LogP contribution in [0.2, 0.25) is 0 Å². The highest BCUT2D eigenvalue weighted by Gasteiger charge is 2.73. The smallest absolute Gasteiger partial charge is 0.416 e. The summed E-state index contributed by atoms with van der Waals surface area (Å²) in [6.45, 7) is 4.38. The number of hydrogen-bond donors (Lipinski definition) is 2. The van der Waals surface area contributed by atoms with E-state index in [1.165, 1.54) is 31.1 Å². The van der Waals surface area contributed by atoms with Gasteiger partial charge in [0.1, 0.15) is 6.10 Å². The summed E-state index contributed by atoms with van der Waals surface area (Å²) in [5.41, 5.74) is -0.252. The first kappa shape index (κ1) is 29.7. The molecule has 2 aromatic carbocycles. The fourth-order valence-electron chi connectivity index (χ4n) is 8.83. The molecule has 2 aromatic rings. The number of alkyl halides is 3. The van der Waals surface area contributed by atoms with Gasteiger partial charge in [-0.3, -0.25) is 9.69 Å². The number of phenolic OH excluding ortho intramolecular Hbond substituents is 1. The number of nitrogens with zero attached hydrogens (tertiary/aromatic N) is 2. The van der Waals surface area contributed by atoms with E-state index in [-0.39, 0.29) is 23.7 Å². The van der Waals surface area contributed by atoms with E-state index in [0.29, 0.717) is 49.5 Å². The zero-order chi connectivity index (χ0) is 30.9. The molecular formula is C35H41F3N2O4. The molecule has 0 unspecified atom stereocenters. The van der Waals surface area contributed by atoms with E-state index in [2.05, 4.69) is 11.8 Å². The van der Waals surface area contributed by atoms with Crippen LogP contribution in [0.5, 0.6) is 11.5 Å². The molecule has 6 nitrogen and oxygen atoms in total. The first-order valence-electron chi connectivity index (χ1n) is 16.2. The van der Waals surface area contributed by atoms with Gasteiger partial charge in [0.2, 0.25) is 5.91 Å². The molecule has 1 saturated heterocycles. The SMILES string of the molecule is CCCCCN(C(=O)C=Cc1cccc(C(F)(F)F)c1)[C@@H]1CC[C@@]2(O)[C@H]3Cc4ccc(O)c5c4[C@@]2(CCN3CC2CC2)[C@H]1O5. The fraction of sp³-hybridized carbons (Fsp3) is 0.571. The number of aromatic hydroxyl groups is 1. The number of phenols is 1. The van der Waals surface area contributed by atoms with E-state index < -0.39 is 28.9 Å². The maximum absolute atomic E-state index is 14.0. The first-order valence-corrected chi connectivity index (χ1v) is 16.2. The minimum Gasteiger partial charge on any atom is -0.504 e. The second kappa shape index (κ2) is 10.8. The minimum absolute atomic E-state index is 0.0563. The first-order chi connectivity index (χ1) is 21.1. The average Bonchev–Trinajstić information content (AvgIpc) is 3.74. The molecule has 9 heteroatoms. The molecular weight excluding hydrogens is 569 g/mol. The number of aliphatic hydroxyl groups is 1. The molecule has 2 N–H and O–H groups in total. The number of rotatable bonds is 9. The number of ether oxygens (including phenoxy) is 1. The standard InChI is InChI=1S/C35H41F3N2O4/c1-2-3-4-17-40(29(42)13-10-22-6-5-7-25(19-22)35(36,37)38)26-14-15-34(43)28-20-24-11-12-27(41)31-30(24)33(34,32(26)44-31)16-18-39(28)21-23-8-9-23/h5-7,10-13,19,23,26,28,32,41,43H,2-4,8-9,14-18,20-21H2,1H3/t26-,28-,32+,33+,34-/m1/s1. The quantitative estimate of drug-likeness (QED) is 0.266. The lowest BCUT2D eigenvalue weighted by molar-refractivity contribution is -0.201. The predicted octanol–water partition coefficient (Wildman–Crippen LogP) is 6.08. The summed E-state index contributed by atoms with van der Waals surface area (Å²) in [7, 11) is 0. The Morgan fingerprint density at radius 2 is 1.98 bits per heavy atom. The molecule has 3 fully saturated rings. The molecule has 0 radical (unpaired) electrons. The van der Waals surface area contributed by atoms with Gasteiger partial charge < -0.3 is 19.8 Å². The lowest BCUT2D eigenvalue weighted by atomic mass is 9.48. The van der Waals surface area contributed by atoms with E-state index >= 15 is 0 Å². The number of unbranched alkanes of at least 4 members (excludes halogenated alkanes) is 2. The Labute approximate surface area is 256 Å². The Morgan fingerprint density at radius 1 is 1.16 bits per heavy atom. The summed E-state index contributed by atoms with van der Waals surface area (Å²) in [5.74, 6) is 0.896. The molecule has 2 saturated carbocycles. The van der Waals surface area contributed by atoms with Crippen molar-refractivity contribution in [1.29, 1.82) is 0 Å². The fourth-order valence-corrected chi connectivity index (χ4v) is 8.83. The summed E-state index contributed by atoms with van der Waals surface area (Å²) in [6, 6.07) is 8.20. The van der Waals surface area contributed by atoms with Crippen molar-refractivity contribution in [2.75, 3.05) is 19.6 Å². The molecule has 3 aliphatic carbocycles. The van der Waals surface area contributed by atoms with Gasteiger partial charge in [-0.1, -0.05) is 38.0 Å². The number of piperidine rings is 1. The van der Waals surface area contributed by atoms with Crippen LogP contribution in [0.1, 0.15) is 80.5 Å². The summed E-state index contributed by atoms with van der Waals surface area (Å²) in [4.78, 5) is 18.3. The molecule has 2 aliphatic heterocycles. The maximum Gasteiger partial charge on any atom is 0.416 e. The minimum atomic E-state index is -4.47. The number of halogens is 3. The van der Waals surface area contributed by atoms with Gasteiger partial charge >= 0.3 is 6.18 Å². The van der Waals surface area contributed by atoms with Crippen LogP contribution in [0, 0.1) is 5.92 Å². The summed E-state index contributed by atoms with van der Waals surface area (Å²) in [5, 5.41) is 23.8. The third kappa shape index (κ3) is 4.64. The highest BCUT2D eigenvalue weighted by Crippen LogP contribution is 2.66. The molecule has 0 aromatic heterocycles. The highest BCUT2D eigenvalue weighted by atomic mass is 19.4. The predicted molar refractivity (Wildman–Crippen MR) is 160 cm³/mol. The van der Waals surface area contributed by atoms with Crippen LogP contribution in [0.15, 0.2) is 42.5 Å². The Balaban J connectivity index is 1.24. The summed E-state index contributed by atoms with van der Waals surface area (Å²) in [6.07, 6.45) is 5.37. The second-order valence-electron chi connectivity index (χ2n) is 13.6. The van der Waals surface area contributed by atoms with Crippen molar-refractivity contribution < 1.29 is 32.9 Å². The molecule has 7 rings (SSSR count). The number of hydrogen-bond acceptors (Lipinski definition) is 5. The number of carbonyl (C=O) groups is 1. The molecule has 44 heavy (non-hydrogen) atoms. The van der Waals surface area contributed by atoms with E-state index in [1.54, 1.807) is 12.1 Å². The van der Waals surface area contributed by atoms with Gasteiger partial charge in [0.05, 0.1) is 22.6 Å². The summed E-state index contributed by atoms with van der Waals surface area (Å²) < 4.78 is 46.6. The second-order valence-corrected chi connectivity index (χ2v) is 13.6. The summed E-state index contributed by atoms with van der Waals surface area (Å²) >= 11 is 0. The van der Waals surface area contributed by atoms with E-state index in [0.717, 1.165) is 55.6 Å². The van der Waals surface area contributed by atoms with Gasteiger partial charge in [0, 0.05) is 30.8 Å². The van der Waals surface area contributed by atoms with Crippen molar-refractivity contribution in [3.05, 3.63) is 64.7 Å². The van der Waals surface area contributed by atoms with Crippen molar-refractivity contribution in [3.63, 3.8) is 0 Å². The van der Waals surface area contributed by atoms with Crippen molar-refractivity contribution in [1.82, 2.24) is 9.80 Å². The van der Waals surface area contributed by atoms with Gasteiger partial charge in [0.15, 0.2) is 11.5 Å². The van der Waals surface area contributed by atoms with Gasteiger partial charge in [-0.2, -0.15) is 13.2 Å². The van der Waals surface area contributed by atoms with Crippen molar-refractivity contribution >= 4 is 12.0 Å². The maximum atomic E-state index is 14.0. The molecule has 5 atom stereocenters. The van der Waals surface area contributed by atoms with Gasteiger partial charge in [-0.25, -0.2) is 0 Å². The van der Waals surface area contributed by atoms with Crippen LogP contribution in [-0.2, 0) is 22.8 Å². The zero-order valence-electron chi connectivity index (χ0n) is 25.2. The van der Waals surface area contributed by atoms with Crippen molar-refractivity contribution in [2.45, 2.75) is 100 Å². The average molecular weight is 611 g/mol. The van der Waals surface area contributed by atoms with Crippen LogP contribution in [-0.4, -0.2) is 69.3 Å². The highest BCUT2D eigenvalue weighted by molar-refractivity contribution is 5.92. The number of benzene rings is 2. The molecule has 236 valence electrons. The molecule has 2 bridgehead atoms. The lowest BCUT2D eigenvalue weighted by Crippen LogP contribution is -2.78. The van der Waals surface area contributed by atoms with Gasteiger partial charge in [-0.05, 0) is 92.8 Å². The van der Waals surface area contributed by atoms with Gasteiger partial charge in [-0.15, -0.1) is 0 Å². The Hall–Kier alpha value is -3.04. The largest absolute Gasteiger partial charge is 0.504 e. The zero-order valence-corrected chi connectivity index (χ0v) is 25.2. The number of likely N-dealkylation sites (tertiary alicyclic amines) is 1. The third-order valence-corrected chi connectivity index (χ3v) is 11.0. The Bertz CT molecular complexity index is 1470. The number of amides is 1. The van der Waals surface area contributed by atoms with Crippen molar-refractivity contribution in [2.24, 2.45) is 5.92 Å². The topological polar surface area (TPSA) is 73.2 Å². The van der Waals surface area contributed by atoms with Crippen LogP contribution < -0.4 is 4.74 Å². The normalized spacial score (nSPS) is 30.7. The Morgan fingerprint density at radius 3 is 2.73 bits per heavy atom. The van der Waals surface area contributed by atoms with E-state index in [9.17, 15) is 28.2 Å². The third-order valence-electron chi connectivity index (χ3n) is 11.0. The Kier molecular flexibility index (Phi) is 7.28. The molecule has 5 aliphatic rings. The van der Waals surface area contributed by atoms with Crippen LogP contribution >= 0.6 is 0 Å². The van der Waals surface area contributed by atoms with Crippen LogP contribution in [0.3, 0.4) is 0 Å². The lowest BCUT2D eigenvalue weighted by Gasteiger charge is -2.65. The van der Waals surface area contributed by atoms with E-state index in [4.69, 9.17) is 4.74 Å². The van der Waals surface area contributed by atoms with Crippen LogP contribution in [0.4, 0.5) is 13.2 Å². The molecule has 1 spiro atoms. The van der Waals surface area contributed by atoms with Crippen molar-refractivity contribution in [3.8, 4) is 11.5 Å². The molecule has 1 amide bonds. The van der Waals surface area contributed by atoms with Gasteiger partial charge in [0.25, 0.3) is 0 Å².